The number of aryl methyl sites for hydroxylation is 1. The van der Waals surface area contributed by atoms with Crippen LogP contribution in [0.15, 0.2) is 22.7 Å². The minimum Gasteiger partial charge on any atom is -0.385 e. The molecule has 0 saturated heterocycles. The maximum absolute atomic E-state index is 11.6. The van der Waals surface area contributed by atoms with E-state index < -0.39 is 11.8 Å². The summed E-state index contributed by atoms with van der Waals surface area (Å²) in [5, 5.41) is 5.10. The van der Waals surface area contributed by atoms with E-state index in [1.807, 2.05) is 13.0 Å². The Kier molecular flexibility index (Phi) is 6.52. The summed E-state index contributed by atoms with van der Waals surface area (Å²) in [6.45, 7) is 2.82. The second-order valence-corrected chi connectivity index (χ2v) is 4.93. The lowest BCUT2D eigenvalue weighted by molar-refractivity contribution is -0.136. The molecule has 0 aliphatic heterocycles. The molecule has 0 aromatic heterocycles. The van der Waals surface area contributed by atoms with Crippen LogP contribution in [0.2, 0.25) is 0 Å². The second kappa shape index (κ2) is 7.91. The van der Waals surface area contributed by atoms with Gasteiger partial charge in [0.15, 0.2) is 0 Å². The lowest BCUT2D eigenvalue weighted by Gasteiger charge is -2.09. The van der Waals surface area contributed by atoms with Crippen molar-refractivity contribution in [2.75, 3.05) is 25.6 Å². The van der Waals surface area contributed by atoms with E-state index in [0.717, 1.165) is 10.0 Å². The van der Waals surface area contributed by atoms with Gasteiger partial charge in [0.05, 0.1) is 0 Å². The number of ether oxygens (including phenoxy) is 1. The molecule has 1 rings (SSSR count). The fourth-order valence-electron chi connectivity index (χ4n) is 1.45. The minimum atomic E-state index is -0.664. The van der Waals surface area contributed by atoms with Crippen LogP contribution < -0.4 is 10.6 Å². The number of rotatable bonds is 5. The number of carbonyl (C=O) groups is 2. The fourth-order valence-corrected chi connectivity index (χ4v) is 1.92. The molecular weight excluding hydrogens is 312 g/mol. The lowest BCUT2D eigenvalue weighted by atomic mass is 10.2. The zero-order valence-corrected chi connectivity index (χ0v) is 12.5. The predicted molar refractivity (Wildman–Crippen MR) is 77.0 cm³/mol. The van der Waals surface area contributed by atoms with Gasteiger partial charge in [-0.15, -0.1) is 0 Å². The van der Waals surface area contributed by atoms with Crippen molar-refractivity contribution in [1.29, 1.82) is 0 Å². The predicted octanol–water partition coefficient (Wildman–Crippen LogP) is 1.85. The molecule has 0 atom stereocenters. The molecule has 1 aromatic carbocycles. The van der Waals surface area contributed by atoms with Gasteiger partial charge in [-0.25, -0.2) is 0 Å². The van der Waals surface area contributed by atoms with E-state index in [0.29, 0.717) is 25.3 Å². The Balaban J connectivity index is 2.47. The zero-order chi connectivity index (χ0) is 14.3. The molecular formula is C13H17BrN2O3. The van der Waals surface area contributed by atoms with Crippen molar-refractivity contribution in [3.63, 3.8) is 0 Å². The molecule has 2 amide bonds. The molecule has 2 N–H and O–H groups in total. The molecule has 104 valence electrons. The van der Waals surface area contributed by atoms with E-state index in [-0.39, 0.29) is 0 Å². The summed E-state index contributed by atoms with van der Waals surface area (Å²) in [5.41, 5.74) is 1.51. The van der Waals surface area contributed by atoms with E-state index in [1.54, 1.807) is 19.2 Å². The van der Waals surface area contributed by atoms with Crippen molar-refractivity contribution in [2.24, 2.45) is 0 Å². The van der Waals surface area contributed by atoms with E-state index in [4.69, 9.17) is 4.74 Å². The number of nitrogens with one attached hydrogen (secondary N) is 2. The molecule has 0 aliphatic carbocycles. The number of methoxy groups -OCH3 is 1. The van der Waals surface area contributed by atoms with Gasteiger partial charge in [0.2, 0.25) is 0 Å². The molecule has 0 unspecified atom stereocenters. The maximum Gasteiger partial charge on any atom is 0.313 e. The third-order valence-electron chi connectivity index (χ3n) is 2.45. The van der Waals surface area contributed by atoms with Crippen LogP contribution in [0.1, 0.15) is 12.0 Å². The highest BCUT2D eigenvalue weighted by atomic mass is 79.9. The highest BCUT2D eigenvalue weighted by molar-refractivity contribution is 9.10. The molecule has 0 spiro atoms. The molecule has 0 saturated carbocycles. The molecule has 19 heavy (non-hydrogen) atoms. The first-order valence-electron chi connectivity index (χ1n) is 5.89. The van der Waals surface area contributed by atoms with E-state index >= 15 is 0 Å². The summed E-state index contributed by atoms with van der Waals surface area (Å²) in [6, 6.07) is 5.42. The summed E-state index contributed by atoms with van der Waals surface area (Å²) < 4.78 is 5.77. The summed E-state index contributed by atoms with van der Waals surface area (Å²) >= 11 is 3.34. The van der Waals surface area contributed by atoms with Gasteiger partial charge in [-0.05, 0) is 37.1 Å². The van der Waals surface area contributed by atoms with Gasteiger partial charge in [0.1, 0.15) is 0 Å². The largest absolute Gasteiger partial charge is 0.385 e. The van der Waals surface area contributed by atoms with Crippen LogP contribution in [0.4, 0.5) is 5.69 Å². The van der Waals surface area contributed by atoms with Crippen LogP contribution in [0.25, 0.3) is 0 Å². The minimum absolute atomic E-state index is 0.416. The van der Waals surface area contributed by atoms with Crippen molar-refractivity contribution in [3.8, 4) is 0 Å². The fraction of sp³-hybridized carbons (Fsp3) is 0.385. The highest BCUT2D eigenvalue weighted by Gasteiger charge is 2.13. The van der Waals surface area contributed by atoms with Gasteiger partial charge in [-0.2, -0.15) is 0 Å². The molecule has 0 heterocycles. The third-order valence-corrected chi connectivity index (χ3v) is 2.95. The summed E-state index contributed by atoms with van der Waals surface area (Å²) in [7, 11) is 1.59. The summed E-state index contributed by atoms with van der Waals surface area (Å²) in [4.78, 5) is 23.2. The summed E-state index contributed by atoms with van der Waals surface area (Å²) in [6.07, 6.45) is 0.673. The Hall–Kier alpha value is -1.40. The zero-order valence-electron chi connectivity index (χ0n) is 11.0. The van der Waals surface area contributed by atoms with Crippen LogP contribution >= 0.6 is 15.9 Å². The van der Waals surface area contributed by atoms with Crippen molar-refractivity contribution < 1.29 is 14.3 Å². The Morgan fingerprint density at radius 3 is 2.68 bits per heavy atom. The number of anilines is 1. The molecule has 0 bridgehead atoms. The van der Waals surface area contributed by atoms with Gasteiger partial charge < -0.3 is 15.4 Å². The van der Waals surface area contributed by atoms with Gasteiger partial charge in [0.25, 0.3) is 0 Å². The van der Waals surface area contributed by atoms with Gasteiger partial charge >= 0.3 is 11.8 Å². The van der Waals surface area contributed by atoms with E-state index in [9.17, 15) is 9.59 Å². The monoisotopic (exact) mass is 328 g/mol. The van der Waals surface area contributed by atoms with Gasteiger partial charge in [-0.1, -0.05) is 15.9 Å². The topological polar surface area (TPSA) is 67.4 Å². The Bertz CT molecular complexity index is 463. The lowest BCUT2D eigenvalue weighted by Crippen LogP contribution is -2.36. The first-order chi connectivity index (χ1) is 9.04. The molecule has 0 fully saturated rings. The molecule has 6 heteroatoms. The smallest absolute Gasteiger partial charge is 0.313 e. The van der Waals surface area contributed by atoms with E-state index in [2.05, 4.69) is 26.6 Å². The number of benzene rings is 1. The third kappa shape index (κ3) is 5.40. The summed E-state index contributed by atoms with van der Waals surface area (Å²) in [5.74, 6) is -1.30. The number of hydrogen-bond acceptors (Lipinski definition) is 3. The van der Waals surface area contributed by atoms with Crippen molar-refractivity contribution in [1.82, 2.24) is 5.32 Å². The SMILES string of the molecule is COCCCNC(=O)C(=O)Nc1ccc(Br)cc1C. The Morgan fingerprint density at radius 1 is 1.32 bits per heavy atom. The second-order valence-electron chi connectivity index (χ2n) is 4.02. The van der Waals surface area contributed by atoms with Crippen molar-refractivity contribution in [3.05, 3.63) is 28.2 Å². The maximum atomic E-state index is 11.6. The average molecular weight is 329 g/mol. The molecule has 5 nitrogen and oxygen atoms in total. The average Bonchev–Trinajstić information content (AvgIpc) is 2.37. The van der Waals surface area contributed by atoms with Crippen LogP contribution in [-0.2, 0) is 14.3 Å². The Labute approximate surface area is 120 Å². The Morgan fingerprint density at radius 2 is 2.05 bits per heavy atom. The molecule has 1 aromatic rings. The van der Waals surface area contributed by atoms with Crippen LogP contribution in [0, 0.1) is 6.92 Å². The molecule has 0 radical (unpaired) electrons. The highest BCUT2D eigenvalue weighted by Crippen LogP contribution is 2.19. The van der Waals surface area contributed by atoms with Crippen LogP contribution in [0.3, 0.4) is 0 Å². The number of amides is 2. The van der Waals surface area contributed by atoms with Crippen molar-refractivity contribution >= 4 is 33.4 Å². The first-order valence-corrected chi connectivity index (χ1v) is 6.68. The van der Waals surface area contributed by atoms with Gasteiger partial charge in [-0.3, -0.25) is 9.59 Å². The van der Waals surface area contributed by atoms with Crippen LogP contribution in [0.5, 0.6) is 0 Å². The normalized spacial score (nSPS) is 10.1. The number of carbonyl (C=O) groups excluding carboxylic acids is 2. The first kappa shape index (κ1) is 15.7. The standard InChI is InChI=1S/C13H17BrN2O3/c1-9-8-10(14)4-5-11(9)16-13(18)12(17)15-6-3-7-19-2/h4-5,8H,3,6-7H2,1-2H3,(H,15,17)(H,16,18). The molecule has 0 aliphatic rings. The van der Waals surface area contributed by atoms with Gasteiger partial charge in [0, 0.05) is 30.4 Å². The van der Waals surface area contributed by atoms with Crippen molar-refractivity contribution in [2.45, 2.75) is 13.3 Å². The number of halogens is 1. The van der Waals surface area contributed by atoms with Crippen LogP contribution in [-0.4, -0.2) is 32.1 Å². The number of hydrogen-bond donors (Lipinski definition) is 2. The quantitative estimate of drug-likeness (QED) is 0.640. The van der Waals surface area contributed by atoms with E-state index in [1.165, 1.54) is 0 Å².